The third kappa shape index (κ3) is 2.53. The van der Waals surface area contributed by atoms with E-state index in [-0.39, 0.29) is 0 Å². The van der Waals surface area contributed by atoms with Gasteiger partial charge < -0.3 is 5.21 Å². The smallest absolute Gasteiger partial charge is 0.0836 e. The summed E-state index contributed by atoms with van der Waals surface area (Å²) < 4.78 is 0. The van der Waals surface area contributed by atoms with Crippen LogP contribution in [0.1, 0.15) is 32.6 Å². The van der Waals surface area contributed by atoms with Crippen LogP contribution in [0.15, 0.2) is 29.0 Å². The lowest BCUT2D eigenvalue weighted by molar-refractivity contribution is 0.318. The first-order valence-corrected chi connectivity index (χ1v) is 4.45. The van der Waals surface area contributed by atoms with E-state index < -0.39 is 0 Å². The van der Waals surface area contributed by atoms with Gasteiger partial charge in [0.15, 0.2) is 0 Å². The van der Waals surface area contributed by atoms with Crippen molar-refractivity contribution in [1.82, 2.24) is 0 Å². The van der Waals surface area contributed by atoms with E-state index in [2.05, 4.69) is 18.2 Å². The Morgan fingerprint density at radius 1 is 1.58 bits per heavy atom. The molecule has 0 heterocycles. The van der Waals surface area contributed by atoms with Crippen molar-refractivity contribution in [1.29, 1.82) is 0 Å². The van der Waals surface area contributed by atoms with Crippen molar-refractivity contribution >= 4 is 5.71 Å². The fraction of sp³-hybridized carbons (Fsp3) is 0.500. The molecule has 1 aliphatic carbocycles. The SMILES string of the molecule is CCCCC1=CC(=NO)CC=C1. The molecule has 0 aromatic heterocycles. The van der Waals surface area contributed by atoms with Gasteiger partial charge in [0.25, 0.3) is 0 Å². The highest BCUT2D eigenvalue weighted by molar-refractivity contribution is 5.97. The van der Waals surface area contributed by atoms with Gasteiger partial charge in [-0.2, -0.15) is 0 Å². The topological polar surface area (TPSA) is 32.6 Å². The third-order valence-electron chi connectivity index (χ3n) is 1.96. The number of allylic oxidation sites excluding steroid dienone is 4. The molecule has 0 unspecified atom stereocenters. The van der Waals surface area contributed by atoms with Crippen molar-refractivity contribution in [3.63, 3.8) is 0 Å². The van der Waals surface area contributed by atoms with Crippen LogP contribution in [0.4, 0.5) is 0 Å². The van der Waals surface area contributed by atoms with Crippen LogP contribution in [0.3, 0.4) is 0 Å². The Hall–Kier alpha value is -1.05. The number of unbranched alkanes of at least 4 members (excludes halogenated alkanes) is 1. The highest BCUT2D eigenvalue weighted by Crippen LogP contribution is 2.14. The lowest BCUT2D eigenvalue weighted by Gasteiger charge is -2.06. The van der Waals surface area contributed by atoms with Crippen LogP contribution in [-0.4, -0.2) is 10.9 Å². The molecule has 0 saturated heterocycles. The quantitative estimate of drug-likeness (QED) is 0.506. The Labute approximate surface area is 73.3 Å². The van der Waals surface area contributed by atoms with Gasteiger partial charge in [-0.15, -0.1) is 0 Å². The van der Waals surface area contributed by atoms with Crippen molar-refractivity contribution in [3.8, 4) is 0 Å². The van der Waals surface area contributed by atoms with Gasteiger partial charge in [-0.05, 0) is 24.5 Å². The Morgan fingerprint density at radius 3 is 3.08 bits per heavy atom. The fourth-order valence-electron chi connectivity index (χ4n) is 1.26. The molecule has 0 radical (unpaired) electrons. The maximum atomic E-state index is 8.54. The standard InChI is InChI=1S/C10H15NO/c1-2-3-5-9-6-4-7-10(8-9)11-12/h4,6,8,12H,2-3,5,7H2,1H3. The van der Waals surface area contributed by atoms with Crippen molar-refractivity contribution in [2.24, 2.45) is 5.16 Å². The monoisotopic (exact) mass is 165 g/mol. The minimum atomic E-state index is 0.756. The Balaban J connectivity index is 2.52. The Morgan fingerprint density at radius 2 is 2.42 bits per heavy atom. The average molecular weight is 165 g/mol. The molecule has 0 aromatic carbocycles. The summed E-state index contributed by atoms with van der Waals surface area (Å²) in [7, 11) is 0. The molecule has 1 rings (SSSR count). The van der Waals surface area contributed by atoms with Crippen LogP contribution in [0.25, 0.3) is 0 Å². The number of hydrogen-bond acceptors (Lipinski definition) is 2. The van der Waals surface area contributed by atoms with Crippen LogP contribution in [0, 0.1) is 0 Å². The van der Waals surface area contributed by atoms with Gasteiger partial charge in [-0.1, -0.05) is 30.7 Å². The summed E-state index contributed by atoms with van der Waals surface area (Å²) in [6.07, 6.45) is 10.4. The van der Waals surface area contributed by atoms with Crippen LogP contribution >= 0.6 is 0 Å². The van der Waals surface area contributed by atoms with Crippen LogP contribution in [0.2, 0.25) is 0 Å². The predicted octanol–water partition coefficient (Wildman–Crippen LogP) is 2.89. The molecular formula is C10H15NO. The number of oxime groups is 1. The number of nitrogens with zero attached hydrogens (tertiary/aromatic N) is 1. The lowest BCUT2D eigenvalue weighted by atomic mass is 10.0. The van der Waals surface area contributed by atoms with Gasteiger partial charge in [-0.25, -0.2) is 0 Å². The van der Waals surface area contributed by atoms with Gasteiger partial charge in [0.1, 0.15) is 0 Å². The molecule has 0 bridgehead atoms. The summed E-state index contributed by atoms with van der Waals surface area (Å²) in [5, 5.41) is 11.7. The summed E-state index contributed by atoms with van der Waals surface area (Å²) in [5.41, 5.74) is 2.04. The summed E-state index contributed by atoms with van der Waals surface area (Å²) in [6, 6.07) is 0. The molecule has 0 fully saturated rings. The molecule has 0 amide bonds. The van der Waals surface area contributed by atoms with E-state index in [9.17, 15) is 0 Å². The lowest BCUT2D eigenvalue weighted by Crippen LogP contribution is -1.98. The zero-order valence-corrected chi connectivity index (χ0v) is 7.45. The summed E-state index contributed by atoms with van der Waals surface area (Å²) in [6.45, 7) is 2.17. The predicted molar refractivity (Wildman–Crippen MR) is 50.6 cm³/mol. The minimum absolute atomic E-state index is 0.756. The van der Waals surface area contributed by atoms with Crippen molar-refractivity contribution in [2.45, 2.75) is 32.6 Å². The van der Waals surface area contributed by atoms with E-state index >= 15 is 0 Å². The molecule has 1 aliphatic rings. The van der Waals surface area contributed by atoms with Crippen LogP contribution in [-0.2, 0) is 0 Å². The zero-order chi connectivity index (χ0) is 8.81. The second kappa shape index (κ2) is 4.75. The zero-order valence-electron chi connectivity index (χ0n) is 7.45. The second-order valence-corrected chi connectivity index (χ2v) is 3.02. The first-order valence-electron chi connectivity index (χ1n) is 4.45. The number of hydrogen-bond donors (Lipinski definition) is 1. The molecule has 12 heavy (non-hydrogen) atoms. The maximum Gasteiger partial charge on any atom is 0.0836 e. The fourth-order valence-corrected chi connectivity index (χ4v) is 1.26. The van der Waals surface area contributed by atoms with Gasteiger partial charge in [0, 0.05) is 6.42 Å². The Kier molecular flexibility index (Phi) is 3.58. The van der Waals surface area contributed by atoms with Gasteiger partial charge >= 0.3 is 0 Å². The highest BCUT2D eigenvalue weighted by atomic mass is 16.4. The van der Waals surface area contributed by atoms with E-state index in [4.69, 9.17) is 5.21 Å². The molecule has 0 saturated carbocycles. The van der Waals surface area contributed by atoms with E-state index in [0.717, 1.165) is 18.6 Å². The molecule has 0 spiro atoms. The molecule has 1 N–H and O–H groups in total. The van der Waals surface area contributed by atoms with Crippen molar-refractivity contribution in [3.05, 3.63) is 23.8 Å². The van der Waals surface area contributed by atoms with Crippen LogP contribution < -0.4 is 0 Å². The first-order chi connectivity index (χ1) is 5.86. The summed E-state index contributed by atoms with van der Waals surface area (Å²) in [4.78, 5) is 0. The van der Waals surface area contributed by atoms with E-state index in [0.29, 0.717) is 0 Å². The second-order valence-electron chi connectivity index (χ2n) is 3.02. The minimum Gasteiger partial charge on any atom is -0.411 e. The van der Waals surface area contributed by atoms with Gasteiger partial charge in [0.05, 0.1) is 5.71 Å². The van der Waals surface area contributed by atoms with Gasteiger partial charge in [-0.3, -0.25) is 0 Å². The highest BCUT2D eigenvalue weighted by Gasteiger charge is 2.02. The first kappa shape index (κ1) is 9.04. The van der Waals surface area contributed by atoms with Gasteiger partial charge in [0.2, 0.25) is 0 Å². The van der Waals surface area contributed by atoms with E-state index in [1.165, 1.54) is 18.4 Å². The van der Waals surface area contributed by atoms with Crippen molar-refractivity contribution < 1.29 is 5.21 Å². The van der Waals surface area contributed by atoms with Crippen LogP contribution in [0.5, 0.6) is 0 Å². The Bertz CT molecular complexity index is 226. The summed E-state index contributed by atoms with van der Waals surface area (Å²) >= 11 is 0. The average Bonchev–Trinajstić information content (AvgIpc) is 2.15. The summed E-state index contributed by atoms with van der Waals surface area (Å²) in [5.74, 6) is 0. The van der Waals surface area contributed by atoms with Crippen molar-refractivity contribution in [2.75, 3.05) is 0 Å². The molecule has 0 atom stereocenters. The maximum absolute atomic E-state index is 8.54. The normalized spacial score (nSPS) is 19.8. The van der Waals surface area contributed by atoms with E-state index in [1.54, 1.807) is 0 Å². The molecule has 2 heteroatoms. The molecule has 0 aromatic rings. The molecule has 66 valence electrons. The number of rotatable bonds is 3. The molecule has 0 aliphatic heterocycles. The molecule has 2 nitrogen and oxygen atoms in total. The third-order valence-corrected chi connectivity index (χ3v) is 1.96. The largest absolute Gasteiger partial charge is 0.411 e. The molecular weight excluding hydrogens is 150 g/mol. The van der Waals surface area contributed by atoms with E-state index in [1.807, 2.05) is 12.2 Å².